The first-order valence-electron chi connectivity index (χ1n) is 25.2. The van der Waals surface area contributed by atoms with Crippen molar-refractivity contribution in [1.29, 1.82) is 0 Å². The average Bonchev–Trinajstić information content (AvgIpc) is 3.21. The lowest BCUT2D eigenvalue weighted by molar-refractivity contribution is -0.167. The highest BCUT2D eigenvalue weighted by Gasteiger charge is 2.19. The van der Waals surface area contributed by atoms with Gasteiger partial charge in [-0.1, -0.05) is 226 Å². The summed E-state index contributed by atoms with van der Waals surface area (Å²) in [5.41, 5.74) is 0. The second kappa shape index (κ2) is 46.8. The molecular weight excluding hydrogens is 709 g/mol. The fourth-order valence-electron chi connectivity index (χ4n) is 7.44. The molecule has 0 aromatic rings. The molecule has 0 aromatic carbocycles. The van der Waals surface area contributed by atoms with Crippen LogP contribution in [0.5, 0.6) is 0 Å². The van der Waals surface area contributed by atoms with E-state index in [1.165, 1.54) is 173 Å². The van der Waals surface area contributed by atoms with E-state index >= 15 is 0 Å². The Bertz CT molecular complexity index is 885. The van der Waals surface area contributed by atoms with Gasteiger partial charge < -0.3 is 14.2 Å². The molecule has 0 saturated heterocycles. The molecule has 0 saturated carbocycles. The molecule has 0 bridgehead atoms. The zero-order chi connectivity index (χ0) is 41.5. The molecule has 0 amide bonds. The summed E-state index contributed by atoms with van der Waals surface area (Å²) in [6.07, 6.45) is 50.4. The first-order chi connectivity index (χ1) is 28.0. The van der Waals surface area contributed by atoms with Gasteiger partial charge >= 0.3 is 17.9 Å². The highest BCUT2D eigenvalue weighted by atomic mass is 16.6. The van der Waals surface area contributed by atoms with Gasteiger partial charge in [0.05, 0.1) is 0 Å². The molecule has 57 heavy (non-hydrogen) atoms. The second-order valence-corrected chi connectivity index (χ2v) is 17.1. The third-order valence-electron chi connectivity index (χ3n) is 11.3. The van der Waals surface area contributed by atoms with Crippen LogP contribution in [-0.4, -0.2) is 37.2 Å². The van der Waals surface area contributed by atoms with Crippen LogP contribution >= 0.6 is 0 Å². The van der Waals surface area contributed by atoms with Crippen LogP contribution in [-0.2, 0) is 28.6 Å². The number of carbonyl (C=O) groups is 3. The van der Waals surface area contributed by atoms with Crippen LogP contribution in [0.25, 0.3) is 0 Å². The molecule has 0 radical (unpaired) electrons. The van der Waals surface area contributed by atoms with Crippen molar-refractivity contribution in [3.63, 3.8) is 0 Å². The summed E-state index contributed by atoms with van der Waals surface area (Å²) >= 11 is 0. The van der Waals surface area contributed by atoms with Gasteiger partial charge in [-0.15, -0.1) is 0 Å². The molecule has 0 heterocycles. The van der Waals surface area contributed by atoms with E-state index in [1.54, 1.807) is 0 Å². The summed E-state index contributed by atoms with van der Waals surface area (Å²) in [6, 6.07) is 0. The molecule has 1 unspecified atom stereocenters. The van der Waals surface area contributed by atoms with E-state index in [0.717, 1.165) is 64.2 Å². The van der Waals surface area contributed by atoms with Gasteiger partial charge in [-0.2, -0.15) is 0 Å². The standard InChI is InChI=1S/C51H96O6/c1-4-7-10-13-16-19-22-24-25-27-30-32-35-38-41-44-50(53)56-47-48(57-51(54)45-42-39-36-33-28-21-18-15-12-9-6-3)46-55-49(52)43-40-37-34-31-29-26-23-20-17-14-11-8-5-2/h20,23,48H,4-19,21-22,24-47H2,1-3H3. The highest BCUT2D eigenvalue weighted by Crippen LogP contribution is 2.16. The number of unbranched alkanes of at least 4 members (excludes halogenated alkanes) is 33. The van der Waals surface area contributed by atoms with Crippen LogP contribution in [0.4, 0.5) is 0 Å². The van der Waals surface area contributed by atoms with Crippen LogP contribution in [0.3, 0.4) is 0 Å². The number of ether oxygens (including phenoxy) is 3. The minimum atomic E-state index is -0.765. The van der Waals surface area contributed by atoms with Crippen molar-refractivity contribution in [2.45, 2.75) is 284 Å². The number of hydrogen-bond donors (Lipinski definition) is 0. The Kier molecular flexibility index (Phi) is 45.3. The SMILES string of the molecule is CCCCCCC=CCCCCCCCC(=O)OCC(COC(=O)CCCCCCCCCCCCCCCCC)OC(=O)CCCCCCCCCCCCC. The Morgan fingerprint density at radius 1 is 0.333 bits per heavy atom. The number of carbonyl (C=O) groups excluding carboxylic acids is 3. The summed E-state index contributed by atoms with van der Waals surface area (Å²) < 4.78 is 16.8. The van der Waals surface area contributed by atoms with Gasteiger partial charge in [-0.05, 0) is 44.9 Å². The molecule has 0 aliphatic heterocycles. The van der Waals surface area contributed by atoms with E-state index in [4.69, 9.17) is 14.2 Å². The van der Waals surface area contributed by atoms with Gasteiger partial charge in [0.25, 0.3) is 0 Å². The summed E-state index contributed by atoms with van der Waals surface area (Å²) in [7, 11) is 0. The maximum Gasteiger partial charge on any atom is 0.306 e. The second-order valence-electron chi connectivity index (χ2n) is 17.1. The molecule has 0 fully saturated rings. The Labute approximate surface area is 354 Å². The number of allylic oxidation sites excluding steroid dienone is 2. The predicted molar refractivity (Wildman–Crippen MR) is 243 cm³/mol. The third-order valence-corrected chi connectivity index (χ3v) is 11.3. The van der Waals surface area contributed by atoms with Crippen LogP contribution in [0.15, 0.2) is 12.2 Å². The van der Waals surface area contributed by atoms with Crippen molar-refractivity contribution < 1.29 is 28.6 Å². The minimum absolute atomic E-state index is 0.0674. The van der Waals surface area contributed by atoms with Crippen molar-refractivity contribution >= 4 is 17.9 Å². The maximum absolute atomic E-state index is 12.7. The molecule has 0 spiro atoms. The van der Waals surface area contributed by atoms with Gasteiger partial charge in [0.15, 0.2) is 6.10 Å². The molecule has 0 N–H and O–H groups in total. The molecule has 0 aliphatic rings. The van der Waals surface area contributed by atoms with Crippen molar-refractivity contribution in [2.75, 3.05) is 13.2 Å². The Morgan fingerprint density at radius 3 is 0.895 bits per heavy atom. The minimum Gasteiger partial charge on any atom is -0.462 e. The average molecular weight is 805 g/mol. The van der Waals surface area contributed by atoms with Crippen LogP contribution < -0.4 is 0 Å². The first kappa shape index (κ1) is 55.2. The predicted octanol–water partition coefficient (Wildman–Crippen LogP) is 16.2. The monoisotopic (exact) mass is 805 g/mol. The van der Waals surface area contributed by atoms with Crippen molar-refractivity contribution in [1.82, 2.24) is 0 Å². The van der Waals surface area contributed by atoms with Crippen LogP contribution in [0.1, 0.15) is 278 Å². The Morgan fingerprint density at radius 2 is 0.579 bits per heavy atom. The zero-order valence-corrected chi connectivity index (χ0v) is 38.4. The fraction of sp³-hybridized carbons (Fsp3) is 0.902. The number of rotatable bonds is 46. The molecule has 6 nitrogen and oxygen atoms in total. The van der Waals surface area contributed by atoms with E-state index in [0.29, 0.717) is 19.3 Å². The summed E-state index contributed by atoms with van der Waals surface area (Å²) in [5.74, 6) is -0.863. The maximum atomic E-state index is 12.7. The van der Waals surface area contributed by atoms with Gasteiger partial charge in [0, 0.05) is 19.3 Å². The first-order valence-corrected chi connectivity index (χ1v) is 25.2. The topological polar surface area (TPSA) is 78.9 Å². The smallest absolute Gasteiger partial charge is 0.306 e. The van der Waals surface area contributed by atoms with Gasteiger partial charge in [0.2, 0.25) is 0 Å². The zero-order valence-electron chi connectivity index (χ0n) is 38.4. The molecule has 6 heteroatoms. The molecule has 336 valence electrons. The number of hydrogen-bond acceptors (Lipinski definition) is 6. The fourth-order valence-corrected chi connectivity index (χ4v) is 7.44. The van der Waals surface area contributed by atoms with E-state index in [9.17, 15) is 14.4 Å². The summed E-state index contributed by atoms with van der Waals surface area (Å²) in [6.45, 7) is 6.64. The number of esters is 3. The molecule has 0 aromatic heterocycles. The quantitative estimate of drug-likeness (QED) is 0.0264. The molecule has 0 rings (SSSR count). The van der Waals surface area contributed by atoms with Crippen molar-refractivity contribution in [3.8, 4) is 0 Å². The van der Waals surface area contributed by atoms with E-state index in [-0.39, 0.29) is 31.1 Å². The molecule has 1 atom stereocenters. The Hall–Kier alpha value is -1.85. The largest absolute Gasteiger partial charge is 0.462 e. The van der Waals surface area contributed by atoms with Crippen molar-refractivity contribution in [3.05, 3.63) is 12.2 Å². The molecular formula is C51H96O6. The normalized spacial score (nSPS) is 12.0. The van der Waals surface area contributed by atoms with E-state index in [1.807, 2.05) is 0 Å². The van der Waals surface area contributed by atoms with Crippen LogP contribution in [0.2, 0.25) is 0 Å². The summed E-state index contributed by atoms with van der Waals surface area (Å²) in [4.78, 5) is 37.8. The lowest BCUT2D eigenvalue weighted by atomic mass is 10.0. The van der Waals surface area contributed by atoms with E-state index < -0.39 is 6.10 Å². The lowest BCUT2D eigenvalue weighted by Crippen LogP contribution is -2.30. The molecule has 0 aliphatic carbocycles. The van der Waals surface area contributed by atoms with Gasteiger partial charge in [0.1, 0.15) is 13.2 Å². The van der Waals surface area contributed by atoms with E-state index in [2.05, 4.69) is 32.9 Å². The highest BCUT2D eigenvalue weighted by molar-refractivity contribution is 5.71. The summed E-state index contributed by atoms with van der Waals surface area (Å²) in [5, 5.41) is 0. The lowest BCUT2D eigenvalue weighted by Gasteiger charge is -2.18. The van der Waals surface area contributed by atoms with Gasteiger partial charge in [-0.25, -0.2) is 0 Å². The third kappa shape index (κ3) is 45.1. The Balaban J connectivity index is 4.31. The van der Waals surface area contributed by atoms with Crippen LogP contribution in [0, 0.1) is 0 Å². The van der Waals surface area contributed by atoms with Gasteiger partial charge in [-0.3, -0.25) is 14.4 Å². The van der Waals surface area contributed by atoms with Crippen molar-refractivity contribution in [2.24, 2.45) is 0 Å².